The molecule has 1 saturated heterocycles. The number of anilines is 2. The molecule has 4 nitrogen and oxygen atoms in total. The molecule has 0 spiro atoms. The maximum Gasteiger partial charge on any atom is 0.144 e. The van der Waals surface area contributed by atoms with Crippen molar-refractivity contribution in [2.75, 3.05) is 44.4 Å². The van der Waals surface area contributed by atoms with Crippen LogP contribution in [0.5, 0.6) is 5.75 Å². The first kappa shape index (κ1) is 15.0. The zero-order chi connectivity index (χ0) is 14.7. The third kappa shape index (κ3) is 3.18. The van der Waals surface area contributed by atoms with Crippen molar-refractivity contribution in [3.8, 4) is 5.75 Å². The van der Waals surface area contributed by atoms with Gasteiger partial charge < -0.3 is 20.3 Å². The van der Waals surface area contributed by atoms with Crippen LogP contribution in [0.4, 0.5) is 11.4 Å². The fourth-order valence-corrected chi connectivity index (χ4v) is 2.89. The Hall–Kier alpha value is -1.42. The van der Waals surface area contributed by atoms with Crippen LogP contribution in [0.25, 0.3) is 0 Å². The second kappa shape index (κ2) is 6.35. The van der Waals surface area contributed by atoms with Crippen LogP contribution < -0.4 is 15.4 Å². The summed E-state index contributed by atoms with van der Waals surface area (Å²) >= 11 is 0. The number of likely N-dealkylation sites (N-methyl/N-ethyl adjacent to an activating group) is 1. The molecule has 2 N–H and O–H groups in total. The molecule has 0 bridgehead atoms. The number of rotatable bonds is 5. The van der Waals surface area contributed by atoms with Crippen molar-refractivity contribution in [1.29, 1.82) is 0 Å². The topological polar surface area (TPSA) is 41.7 Å². The standard InChI is InChI=1S/C16H27N3O/c1-5-8-20-16-9-13(6-7-14(16)17)19-10-12(2)15(11-19)18(3)4/h6-7,9,12,15H,5,8,10-11,17H2,1-4H3. The molecule has 0 aliphatic carbocycles. The quantitative estimate of drug-likeness (QED) is 0.839. The number of hydrogen-bond donors (Lipinski definition) is 1. The van der Waals surface area contributed by atoms with E-state index in [-0.39, 0.29) is 0 Å². The van der Waals surface area contributed by atoms with Gasteiger partial charge in [-0.2, -0.15) is 0 Å². The molecule has 20 heavy (non-hydrogen) atoms. The molecule has 2 rings (SSSR count). The Bertz CT molecular complexity index is 447. The molecule has 1 heterocycles. The van der Waals surface area contributed by atoms with Gasteiger partial charge in [0, 0.05) is 30.9 Å². The summed E-state index contributed by atoms with van der Waals surface area (Å²) < 4.78 is 5.73. The molecule has 1 aliphatic heterocycles. The Morgan fingerprint density at radius 1 is 1.35 bits per heavy atom. The third-order valence-electron chi connectivity index (χ3n) is 4.06. The van der Waals surface area contributed by atoms with E-state index in [2.05, 4.69) is 49.9 Å². The van der Waals surface area contributed by atoms with Crippen molar-refractivity contribution in [3.05, 3.63) is 18.2 Å². The number of ether oxygens (including phenoxy) is 1. The van der Waals surface area contributed by atoms with Crippen LogP contribution in [-0.4, -0.2) is 44.7 Å². The molecule has 0 radical (unpaired) electrons. The van der Waals surface area contributed by atoms with Crippen LogP contribution in [0.15, 0.2) is 18.2 Å². The molecule has 4 heteroatoms. The molecular formula is C16H27N3O. The van der Waals surface area contributed by atoms with Crippen LogP contribution in [0, 0.1) is 5.92 Å². The predicted octanol–water partition coefficient (Wildman–Crippen LogP) is 2.44. The van der Waals surface area contributed by atoms with Gasteiger partial charge in [-0.25, -0.2) is 0 Å². The van der Waals surface area contributed by atoms with Gasteiger partial charge in [0.1, 0.15) is 5.75 Å². The largest absolute Gasteiger partial charge is 0.491 e. The van der Waals surface area contributed by atoms with E-state index in [1.54, 1.807) is 0 Å². The maximum absolute atomic E-state index is 5.98. The predicted molar refractivity (Wildman–Crippen MR) is 85.5 cm³/mol. The lowest BCUT2D eigenvalue weighted by Gasteiger charge is -2.23. The van der Waals surface area contributed by atoms with Crippen LogP contribution in [0.3, 0.4) is 0 Å². The average Bonchev–Trinajstić information content (AvgIpc) is 2.80. The van der Waals surface area contributed by atoms with Gasteiger partial charge in [0.2, 0.25) is 0 Å². The molecular weight excluding hydrogens is 250 g/mol. The number of hydrogen-bond acceptors (Lipinski definition) is 4. The highest BCUT2D eigenvalue weighted by atomic mass is 16.5. The Kier molecular flexibility index (Phi) is 4.76. The van der Waals surface area contributed by atoms with E-state index >= 15 is 0 Å². The maximum atomic E-state index is 5.98. The lowest BCUT2D eigenvalue weighted by molar-refractivity contribution is 0.266. The highest BCUT2D eigenvalue weighted by Gasteiger charge is 2.31. The summed E-state index contributed by atoms with van der Waals surface area (Å²) in [5.74, 6) is 1.48. The SMILES string of the molecule is CCCOc1cc(N2CC(C)C(N(C)C)C2)ccc1N. The van der Waals surface area contributed by atoms with Gasteiger partial charge in [0.05, 0.1) is 12.3 Å². The molecule has 1 aliphatic rings. The first-order valence-corrected chi connectivity index (χ1v) is 7.46. The van der Waals surface area contributed by atoms with E-state index in [1.807, 2.05) is 6.07 Å². The van der Waals surface area contributed by atoms with E-state index in [0.717, 1.165) is 30.9 Å². The Morgan fingerprint density at radius 3 is 2.70 bits per heavy atom. The number of nitrogen functional groups attached to an aromatic ring is 1. The highest BCUT2D eigenvalue weighted by Crippen LogP contribution is 2.31. The molecule has 1 aromatic rings. The number of nitrogens with two attached hydrogens (primary N) is 1. The van der Waals surface area contributed by atoms with Crippen molar-refractivity contribution in [1.82, 2.24) is 4.90 Å². The lowest BCUT2D eigenvalue weighted by atomic mass is 10.1. The summed E-state index contributed by atoms with van der Waals surface area (Å²) in [4.78, 5) is 4.74. The van der Waals surface area contributed by atoms with Crippen LogP contribution in [0.2, 0.25) is 0 Å². The first-order valence-electron chi connectivity index (χ1n) is 7.46. The molecule has 2 atom stereocenters. The zero-order valence-electron chi connectivity index (χ0n) is 13.1. The van der Waals surface area contributed by atoms with E-state index in [0.29, 0.717) is 18.6 Å². The van der Waals surface area contributed by atoms with Gasteiger partial charge in [0.25, 0.3) is 0 Å². The van der Waals surface area contributed by atoms with E-state index in [9.17, 15) is 0 Å². The summed E-state index contributed by atoms with van der Waals surface area (Å²) in [5.41, 5.74) is 7.91. The molecule has 0 amide bonds. The van der Waals surface area contributed by atoms with Gasteiger partial charge in [-0.05, 0) is 38.6 Å². The number of nitrogens with zero attached hydrogens (tertiary/aromatic N) is 2. The zero-order valence-corrected chi connectivity index (χ0v) is 13.1. The van der Waals surface area contributed by atoms with E-state index in [1.165, 1.54) is 5.69 Å². The Labute approximate surface area is 122 Å². The van der Waals surface area contributed by atoms with Crippen molar-refractivity contribution in [2.24, 2.45) is 5.92 Å². The van der Waals surface area contributed by atoms with Crippen molar-refractivity contribution in [3.63, 3.8) is 0 Å². The van der Waals surface area contributed by atoms with Crippen LogP contribution in [-0.2, 0) is 0 Å². The van der Waals surface area contributed by atoms with Crippen LogP contribution in [0.1, 0.15) is 20.3 Å². The van der Waals surface area contributed by atoms with Crippen molar-refractivity contribution < 1.29 is 4.74 Å². The Balaban J connectivity index is 2.13. The van der Waals surface area contributed by atoms with Crippen LogP contribution >= 0.6 is 0 Å². The van der Waals surface area contributed by atoms with Gasteiger partial charge in [-0.3, -0.25) is 0 Å². The smallest absolute Gasteiger partial charge is 0.144 e. The van der Waals surface area contributed by atoms with Crippen molar-refractivity contribution in [2.45, 2.75) is 26.3 Å². The minimum atomic E-state index is 0.604. The average molecular weight is 277 g/mol. The molecule has 0 saturated carbocycles. The lowest BCUT2D eigenvalue weighted by Crippen LogP contribution is -2.34. The van der Waals surface area contributed by atoms with E-state index in [4.69, 9.17) is 10.5 Å². The van der Waals surface area contributed by atoms with Gasteiger partial charge >= 0.3 is 0 Å². The summed E-state index contributed by atoms with van der Waals surface area (Å²) in [6.45, 7) is 7.27. The molecule has 2 unspecified atom stereocenters. The number of benzene rings is 1. The highest BCUT2D eigenvalue weighted by molar-refractivity contribution is 5.62. The molecule has 112 valence electrons. The second-order valence-corrected chi connectivity index (χ2v) is 5.98. The summed E-state index contributed by atoms with van der Waals surface area (Å²) in [7, 11) is 4.31. The molecule has 1 aromatic carbocycles. The summed E-state index contributed by atoms with van der Waals surface area (Å²) in [5, 5.41) is 0. The first-order chi connectivity index (χ1) is 9.52. The normalized spacial score (nSPS) is 22.6. The molecule has 1 fully saturated rings. The minimum absolute atomic E-state index is 0.604. The Morgan fingerprint density at radius 2 is 2.10 bits per heavy atom. The van der Waals surface area contributed by atoms with E-state index < -0.39 is 0 Å². The van der Waals surface area contributed by atoms with Gasteiger partial charge in [0.15, 0.2) is 0 Å². The van der Waals surface area contributed by atoms with Gasteiger partial charge in [-0.15, -0.1) is 0 Å². The second-order valence-electron chi connectivity index (χ2n) is 5.98. The fourth-order valence-electron chi connectivity index (χ4n) is 2.89. The summed E-state index contributed by atoms with van der Waals surface area (Å²) in [6, 6.07) is 6.73. The minimum Gasteiger partial charge on any atom is -0.491 e. The van der Waals surface area contributed by atoms with Crippen molar-refractivity contribution >= 4 is 11.4 Å². The van der Waals surface area contributed by atoms with Gasteiger partial charge in [-0.1, -0.05) is 13.8 Å². The molecule has 0 aromatic heterocycles. The summed E-state index contributed by atoms with van der Waals surface area (Å²) in [6.07, 6.45) is 0.993. The fraction of sp³-hybridized carbons (Fsp3) is 0.625. The third-order valence-corrected chi connectivity index (χ3v) is 4.06. The monoisotopic (exact) mass is 277 g/mol.